The summed E-state index contributed by atoms with van der Waals surface area (Å²) in [6, 6.07) is 1.12. The lowest BCUT2D eigenvalue weighted by Crippen LogP contribution is -2.08. The molecule has 1 aromatic carbocycles. The monoisotopic (exact) mass is 284 g/mol. The van der Waals surface area contributed by atoms with E-state index in [9.17, 15) is 24.8 Å². The molecule has 0 saturated heterocycles. The van der Waals surface area contributed by atoms with Crippen molar-refractivity contribution < 1.29 is 19.6 Å². The number of aryl methyl sites for hydroxylation is 1. The summed E-state index contributed by atoms with van der Waals surface area (Å²) in [5.74, 6) is -1.92. The summed E-state index contributed by atoms with van der Waals surface area (Å²) in [6.45, 7) is 1.08. The summed E-state index contributed by atoms with van der Waals surface area (Å²) >= 11 is 0.837. The Kier molecular flexibility index (Phi) is 2.98. The van der Waals surface area contributed by atoms with Crippen LogP contribution in [-0.4, -0.2) is 20.0 Å². The Morgan fingerprint density at radius 2 is 2.21 bits per heavy atom. The van der Waals surface area contributed by atoms with Gasteiger partial charge in [-0.3, -0.25) is 23.7 Å². The number of carbonyl (C=O) groups excluding carboxylic acids is 1. The van der Waals surface area contributed by atoms with E-state index in [-0.39, 0.29) is 10.1 Å². The van der Waals surface area contributed by atoms with E-state index in [1.807, 2.05) is 0 Å². The molecule has 0 saturated carbocycles. The number of benzene rings is 1. The van der Waals surface area contributed by atoms with E-state index in [2.05, 4.69) is 4.74 Å². The molecule has 0 aliphatic heterocycles. The standard InChI is InChI=1S/C10H8N2O6S/c1-4(13)18-6-3-5-9(19-11(2)10(5)15)7(8(6)14)12(16)17/h3,14H,1-2H3. The highest BCUT2D eigenvalue weighted by molar-refractivity contribution is 7.14. The molecule has 1 heterocycles. The molecule has 8 nitrogen and oxygen atoms in total. The van der Waals surface area contributed by atoms with E-state index in [0.29, 0.717) is 0 Å². The number of fused-ring (bicyclic) bond motifs is 1. The zero-order valence-electron chi connectivity index (χ0n) is 9.87. The molecule has 0 amide bonds. The van der Waals surface area contributed by atoms with Gasteiger partial charge in [0.2, 0.25) is 5.75 Å². The van der Waals surface area contributed by atoms with Gasteiger partial charge in [-0.05, 0) is 17.6 Å². The fourth-order valence-corrected chi connectivity index (χ4v) is 2.58. The number of esters is 1. The van der Waals surface area contributed by atoms with Crippen molar-refractivity contribution in [3.63, 3.8) is 0 Å². The molecule has 0 unspecified atom stereocenters. The van der Waals surface area contributed by atoms with E-state index in [4.69, 9.17) is 0 Å². The summed E-state index contributed by atoms with van der Waals surface area (Å²) < 4.78 is 5.89. The van der Waals surface area contributed by atoms with Crippen LogP contribution in [0.15, 0.2) is 10.9 Å². The molecule has 100 valence electrons. The smallest absolute Gasteiger partial charge is 0.334 e. The number of ether oxygens (including phenoxy) is 1. The second-order valence-corrected chi connectivity index (χ2v) is 4.83. The highest BCUT2D eigenvalue weighted by Gasteiger charge is 2.27. The second kappa shape index (κ2) is 4.35. The third kappa shape index (κ3) is 2.03. The third-order valence-electron chi connectivity index (χ3n) is 2.37. The van der Waals surface area contributed by atoms with Crippen LogP contribution in [0.4, 0.5) is 5.69 Å². The van der Waals surface area contributed by atoms with Crippen molar-refractivity contribution >= 4 is 33.3 Å². The Morgan fingerprint density at radius 3 is 2.74 bits per heavy atom. The minimum Gasteiger partial charge on any atom is -0.499 e. The lowest BCUT2D eigenvalue weighted by molar-refractivity contribution is -0.383. The van der Waals surface area contributed by atoms with Crippen LogP contribution in [0.3, 0.4) is 0 Å². The Morgan fingerprint density at radius 1 is 1.58 bits per heavy atom. The fraction of sp³-hybridized carbons (Fsp3) is 0.200. The van der Waals surface area contributed by atoms with E-state index < -0.39 is 33.6 Å². The quantitative estimate of drug-likeness (QED) is 0.383. The SMILES string of the molecule is CC(=O)Oc1cc2c(=O)n(C)sc2c([N+](=O)[O-])c1O. The molecule has 2 rings (SSSR count). The predicted molar refractivity (Wildman–Crippen MR) is 66.7 cm³/mol. The van der Waals surface area contributed by atoms with Gasteiger partial charge in [-0.1, -0.05) is 0 Å². The molecule has 0 spiro atoms. The summed E-state index contributed by atoms with van der Waals surface area (Å²) in [5.41, 5.74) is -1.10. The van der Waals surface area contributed by atoms with Gasteiger partial charge in [-0.15, -0.1) is 0 Å². The number of nitro groups is 1. The van der Waals surface area contributed by atoms with Crippen LogP contribution in [0.5, 0.6) is 11.5 Å². The van der Waals surface area contributed by atoms with Gasteiger partial charge in [0.25, 0.3) is 5.56 Å². The molecule has 19 heavy (non-hydrogen) atoms. The van der Waals surface area contributed by atoms with E-state index in [1.165, 1.54) is 11.0 Å². The molecular formula is C10H8N2O6S. The van der Waals surface area contributed by atoms with Crippen LogP contribution in [0, 0.1) is 10.1 Å². The van der Waals surface area contributed by atoms with Crippen LogP contribution in [0.1, 0.15) is 6.92 Å². The molecule has 0 aliphatic rings. The summed E-state index contributed by atoms with van der Waals surface area (Å²) in [7, 11) is 1.44. The summed E-state index contributed by atoms with van der Waals surface area (Å²) in [6.07, 6.45) is 0. The molecule has 2 aromatic rings. The first kappa shape index (κ1) is 13.0. The van der Waals surface area contributed by atoms with Crippen molar-refractivity contribution in [1.29, 1.82) is 0 Å². The maximum atomic E-state index is 11.8. The average Bonchev–Trinajstić information content (AvgIpc) is 2.55. The van der Waals surface area contributed by atoms with Gasteiger partial charge < -0.3 is 9.84 Å². The average molecular weight is 284 g/mol. The number of phenolic OH excluding ortho intramolecular Hbond substituents is 1. The van der Waals surface area contributed by atoms with Crippen LogP contribution in [-0.2, 0) is 11.8 Å². The van der Waals surface area contributed by atoms with Crippen LogP contribution >= 0.6 is 11.5 Å². The van der Waals surface area contributed by atoms with Crippen molar-refractivity contribution in [3.8, 4) is 11.5 Å². The molecule has 0 fully saturated rings. The zero-order valence-corrected chi connectivity index (χ0v) is 10.7. The van der Waals surface area contributed by atoms with E-state index in [1.54, 1.807) is 0 Å². The first-order chi connectivity index (χ1) is 8.82. The van der Waals surface area contributed by atoms with Crippen molar-refractivity contribution in [3.05, 3.63) is 26.5 Å². The molecule has 9 heteroatoms. The number of nitro benzene ring substituents is 1. The minimum atomic E-state index is -0.819. The molecule has 1 N–H and O–H groups in total. The largest absolute Gasteiger partial charge is 0.499 e. The lowest BCUT2D eigenvalue weighted by atomic mass is 10.2. The van der Waals surface area contributed by atoms with Crippen molar-refractivity contribution in [1.82, 2.24) is 3.96 Å². The normalized spacial score (nSPS) is 10.6. The maximum Gasteiger partial charge on any atom is 0.334 e. The van der Waals surface area contributed by atoms with Gasteiger partial charge in [0, 0.05) is 14.0 Å². The number of rotatable bonds is 2. The first-order valence-electron chi connectivity index (χ1n) is 5.01. The van der Waals surface area contributed by atoms with Crippen LogP contribution in [0.2, 0.25) is 0 Å². The number of nitrogens with zero attached hydrogens (tertiary/aromatic N) is 2. The number of hydrogen-bond donors (Lipinski definition) is 1. The van der Waals surface area contributed by atoms with Gasteiger partial charge in [0.1, 0.15) is 4.70 Å². The van der Waals surface area contributed by atoms with Gasteiger partial charge >= 0.3 is 11.7 Å². The van der Waals surface area contributed by atoms with Gasteiger partial charge in [-0.25, -0.2) is 0 Å². The Labute approximate surface area is 109 Å². The fourth-order valence-electron chi connectivity index (χ4n) is 1.62. The molecule has 0 atom stereocenters. The Balaban J connectivity index is 2.90. The minimum absolute atomic E-state index is 0.0215. The lowest BCUT2D eigenvalue weighted by Gasteiger charge is -2.04. The van der Waals surface area contributed by atoms with Gasteiger partial charge in [-0.2, -0.15) is 0 Å². The number of aromatic hydroxyl groups is 1. The van der Waals surface area contributed by atoms with Crippen molar-refractivity contribution in [2.24, 2.45) is 7.05 Å². The number of carbonyl (C=O) groups is 1. The number of phenols is 1. The molecule has 0 bridgehead atoms. The summed E-state index contributed by atoms with van der Waals surface area (Å²) in [4.78, 5) is 32.8. The molecule has 0 aliphatic carbocycles. The molecular weight excluding hydrogens is 276 g/mol. The Hall–Kier alpha value is -2.42. The Bertz CT molecular complexity index is 759. The van der Waals surface area contributed by atoms with E-state index in [0.717, 1.165) is 24.5 Å². The molecule has 0 radical (unpaired) electrons. The maximum absolute atomic E-state index is 11.8. The van der Waals surface area contributed by atoms with E-state index >= 15 is 0 Å². The zero-order chi connectivity index (χ0) is 14.3. The third-order valence-corrected chi connectivity index (χ3v) is 3.41. The van der Waals surface area contributed by atoms with Crippen molar-refractivity contribution in [2.45, 2.75) is 6.92 Å². The predicted octanol–water partition coefficient (Wildman–Crippen LogP) is 1.14. The topological polar surface area (TPSA) is 112 Å². The van der Waals surface area contributed by atoms with Crippen LogP contribution in [0.25, 0.3) is 10.1 Å². The number of aromatic nitrogens is 1. The van der Waals surface area contributed by atoms with Gasteiger partial charge in [0.15, 0.2) is 5.75 Å². The van der Waals surface area contributed by atoms with Gasteiger partial charge in [0.05, 0.1) is 10.3 Å². The highest BCUT2D eigenvalue weighted by atomic mass is 32.1. The van der Waals surface area contributed by atoms with Crippen LogP contribution < -0.4 is 10.3 Å². The first-order valence-corrected chi connectivity index (χ1v) is 5.79. The second-order valence-electron chi connectivity index (χ2n) is 3.69. The van der Waals surface area contributed by atoms with Crippen molar-refractivity contribution in [2.75, 3.05) is 0 Å². The molecule has 1 aromatic heterocycles. The number of hydrogen-bond acceptors (Lipinski definition) is 7. The highest BCUT2D eigenvalue weighted by Crippen LogP contribution is 2.43. The summed E-state index contributed by atoms with van der Waals surface area (Å²) in [5, 5.41) is 20.8.